The van der Waals surface area contributed by atoms with Gasteiger partial charge in [-0.1, -0.05) is 0 Å². The van der Waals surface area contributed by atoms with Gasteiger partial charge in [-0.25, -0.2) is 13.1 Å². The summed E-state index contributed by atoms with van der Waals surface area (Å²) in [5.41, 5.74) is 0. The van der Waals surface area contributed by atoms with Crippen molar-refractivity contribution in [2.75, 3.05) is 20.1 Å². The van der Waals surface area contributed by atoms with Crippen molar-refractivity contribution in [1.82, 2.24) is 9.62 Å². The van der Waals surface area contributed by atoms with E-state index >= 15 is 0 Å². The van der Waals surface area contributed by atoms with Crippen molar-refractivity contribution in [2.45, 2.75) is 31.7 Å². The van der Waals surface area contributed by atoms with E-state index in [1.54, 1.807) is 6.07 Å². The van der Waals surface area contributed by atoms with Gasteiger partial charge in [0.15, 0.2) is 0 Å². The van der Waals surface area contributed by atoms with E-state index in [4.69, 9.17) is 0 Å². The van der Waals surface area contributed by atoms with E-state index in [1.165, 1.54) is 11.3 Å². The number of aryl methyl sites for hydroxylation is 1. The Kier molecular flexibility index (Phi) is 5.79. The third-order valence-corrected chi connectivity index (χ3v) is 6.04. The molecule has 104 valence electrons. The normalized spacial score (nSPS) is 12.6. The number of thiophene rings is 1. The molecule has 1 aromatic rings. The molecule has 1 N–H and O–H groups in total. The molecule has 1 heterocycles. The summed E-state index contributed by atoms with van der Waals surface area (Å²) in [6, 6.07) is 2.06. The quantitative estimate of drug-likeness (QED) is 0.853. The summed E-state index contributed by atoms with van der Waals surface area (Å²) >= 11 is 4.73. The second-order valence-corrected chi connectivity index (χ2v) is 8.81. The SMILES string of the molecule is Cc1sc(Br)cc1S(=O)(=O)NCCN(C)C(C)C. The molecule has 0 atom stereocenters. The standard InChI is InChI=1S/C11H19BrN2O2S2/c1-8(2)14(4)6-5-13-18(15,16)10-7-11(12)17-9(10)3/h7-8,13H,5-6H2,1-4H3. The molecule has 0 saturated carbocycles. The summed E-state index contributed by atoms with van der Waals surface area (Å²) in [5, 5.41) is 0. The van der Waals surface area contributed by atoms with Crippen LogP contribution in [0.15, 0.2) is 14.7 Å². The first-order valence-electron chi connectivity index (χ1n) is 5.70. The third kappa shape index (κ3) is 4.31. The van der Waals surface area contributed by atoms with Crippen LogP contribution in [0.2, 0.25) is 0 Å². The number of nitrogens with zero attached hydrogens (tertiary/aromatic N) is 1. The van der Waals surface area contributed by atoms with Crippen molar-refractivity contribution in [1.29, 1.82) is 0 Å². The average molecular weight is 355 g/mol. The summed E-state index contributed by atoms with van der Waals surface area (Å²) < 4.78 is 27.6. The molecule has 0 aliphatic heterocycles. The van der Waals surface area contributed by atoms with Gasteiger partial charge in [0.1, 0.15) is 0 Å². The lowest BCUT2D eigenvalue weighted by atomic mass is 10.3. The van der Waals surface area contributed by atoms with Crippen LogP contribution < -0.4 is 4.72 Å². The lowest BCUT2D eigenvalue weighted by molar-refractivity contribution is 0.278. The Hall–Kier alpha value is 0.0500. The van der Waals surface area contributed by atoms with E-state index in [9.17, 15) is 8.42 Å². The molecule has 0 spiro atoms. The van der Waals surface area contributed by atoms with Crippen LogP contribution in [0.25, 0.3) is 0 Å². The van der Waals surface area contributed by atoms with E-state index < -0.39 is 10.0 Å². The number of sulfonamides is 1. The second kappa shape index (κ2) is 6.47. The van der Waals surface area contributed by atoms with Crippen molar-refractivity contribution < 1.29 is 8.42 Å². The summed E-state index contributed by atoms with van der Waals surface area (Å²) in [7, 11) is -1.41. The molecular weight excluding hydrogens is 336 g/mol. The minimum Gasteiger partial charge on any atom is -0.303 e. The molecule has 18 heavy (non-hydrogen) atoms. The van der Waals surface area contributed by atoms with Crippen LogP contribution in [0.3, 0.4) is 0 Å². The number of rotatable bonds is 6. The van der Waals surface area contributed by atoms with Crippen LogP contribution in [0.1, 0.15) is 18.7 Å². The molecule has 0 bridgehead atoms. The largest absolute Gasteiger partial charge is 0.303 e. The zero-order valence-corrected chi connectivity index (χ0v) is 14.2. The molecule has 0 aliphatic carbocycles. The van der Waals surface area contributed by atoms with Gasteiger partial charge in [-0.3, -0.25) is 0 Å². The van der Waals surface area contributed by atoms with Crippen LogP contribution in [-0.2, 0) is 10.0 Å². The Morgan fingerprint density at radius 3 is 2.56 bits per heavy atom. The monoisotopic (exact) mass is 354 g/mol. The highest BCUT2D eigenvalue weighted by atomic mass is 79.9. The Bertz CT molecular complexity index is 497. The fourth-order valence-electron chi connectivity index (χ4n) is 1.39. The zero-order valence-electron chi connectivity index (χ0n) is 11.0. The van der Waals surface area contributed by atoms with Crippen LogP contribution in [0, 0.1) is 6.92 Å². The van der Waals surface area contributed by atoms with Crippen LogP contribution in [-0.4, -0.2) is 39.5 Å². The van der Waals surface area contributed by atoms with E-state index in [2.05, 4.69) is 39.4 Å². The topological polar surface area (TPSA) is 49.4 Å². The summed E-state index contributed by atoms with van der Waals surface area (Å²) in [5.74, 6) is 0. The van der Waals surface area contributed by atoms with Gasteiger partial charge in [-0.2, -0.15) is 0 Å². The van der Waals surface area contributed by atoms with Crippen molar-refractivity contribution in [2.24, 2.45) is 0 Å². The molecule has 0 saturated heterocycles. The second-order valence-electron chi connectivity index (χ2n) is 4.44. The van der Waals surface area contributed by atoms with Gasteiger partial charge in [0.05, 0.1) is 8.68 Å². The average Bonchev–Trinajstić information content (AvgIpc) is 2.58. The van der Waals surface area contributed by atoms with E-state index in [0.29, 0.717) is 24.0 Å². The fourth-order valence-corrected chi connectivity index (χ4v) is 4.82. The predicted octanol–water partition coefficient (Wildman–Crippen LogP) is 2.44. The number of hydrogen-bond donors (Lipinski definition) is 1. The highest BCUT2D eigenvalue weighted by Crippen LogP contribution is 2.29. The molecule has 0 radical (unpaired) electrons. The minimum absolute atomic E-state index is 0.367. The molecule has 0 fully saturated rings. The molecule has 0 aliphatic rings. The van der Waals surface area contributed by atoms with Gasteiger partial charge in [-0.05, 0) is 49.8 Å². The molecule has 4 nitrogen and oxygen atoms in total. The maximum atomic E-state index is 12.1. The number of nitrogens with one attached hydrogen (secondary N) is 1. The lowest BCUT2D eigenvalue weighted by Gasteiger charge is -2.20. The first-order chi connectivity index (χ1) is 8.24. The maximum Gasteiger partial charge on any atom is 0.241 e. The first-order valence-corrected chi connectivity index (χ1v) is 8.79. The van der Waals surface area contributed by atoms with E-state index in [-0.39, 0.29) is 0 Å². The van der Waals surface area contributed by atoms with Crippen LogP contribution in [0.4, 0.5) is 0 Å². The maximum absolute atomic E-state index is 12.1. The van der Waals surface area contributed by atoms with Gasteiger partial charge in [0.2, 0.25) is 10.0 Å². The molecule has 1 aromatic heterocycles. The summed E-state index contributed by atoms with van der Waals surface area (Å²) in [6.07, 6.45) is 0. The van der Waals surface area contributed by atoms with Gasteiger partial charge in [0, 0.05) is 24.0 Å². The number of likely N-dealkylation sites (N-methyl/N-ethyl adjacent to an activating group) is 1. The highest BCUT2D eigenvalue weighted by Gasteiger charge is 2.19. The highest BCUT2D eigenvalue weighted by molar-refractivity contribution is 9.11. The van der Waals surface area contributed by atoms with Crippen LogP contribution in [0.5, 0.6) is 0 Å². The Balaban J connectivity index is 2.64. The van der Waals surface area contributed by atoms with Gasteiger partial charge >= 0.3 is 0 Å². The van der Waals surface area contributed by atoms with Gasteiger partial charge in [-0.15, -0.1) is 11.3 Å². The predicted molar refractivity (Wildman–Crippen MR) is 79.7 cm³/mol. The molecule has 1 rings (SSSR count). The van der Waals surface area contributed by atoms with Crippen molar-refractivity contribution in [3.05, 3.63) is 14.7 Å². The third-order valence-electron chi connectivity index (χ3n) is 2.77. The number of hydrogen-bond acceptors (Lipinski definition) is 4. The molecule has 7 heteroatoms. The van der Waals surface area contributed by atoms with Crippen molar-refractivity contribution in [3.8, 4) is 0 Å². The summed E-state index contributed by atoms with van der Waals surface area (Å²) in [6.45, 7) is 7.08. The zero-order chi connectivity index (χ0) is 13.9. The van der Waals surface area contributed by atoms with Crippen molar-refractivity contribution >= 4 is 37.3 Å². The smallest absolute Gasteiger partial charge is 0.241 e. The Morgan fingerprint density at radius 1 is 1.50 bits per heavy atom. The Labute approximate surface area is 122 Å². The van der Waals surface area contributed by atoms with E-state index in [0.717, 1.165) is 8.66 Å². The molecule has 0 aromatic carbocycles. The molecule has 0 amide bonds. The molecular formula is C11H19BrN2O2S2. The minimum atomic E-state index is -3.39. The van der Waals surface area contributed by atoms with E-state index in [1.807, 2.05) is 14.0 Å². The number of halogens is 1. The fraction of sp³-hybridized carbons (Fsp3) is 0.636. The van der Waals surface area contributed by atoms with Crippen molar-refractivity contribution in [3.63, 3.8) is 0 Å². The van der Waals surface area contributed by atoms with Gasteiger partial charge < -0.3 is 4.90 Å². The summed E-state index contributed by atoms with van der Waals surface area (Å²) in [4.78, 5) is 3.26. The molecule has 0 unspecified atom stereocenters. The van der Waals surface area contributed by atoms with Crippen LogP contribution >= 0.6 is 27.3 Å². The first kappa shape index (κ1) is 16.1. The van der Waals surface area contributed by atoms with Gasteiger partial charge in [0.25, 0.3) is 0 Å². The lowest BCUT2D eigenvalue weighted by Crippen LogP contribution is -2.36. The Morgan fingerprint density at radius 2 is 2.11 bits per heavy atom.